The molecule has 1 saturated carbocycles. The van der Waals surface area contributed by atoms with Crippen LogP contribution in [0.25, 0.3) is 17.1 Å². The standard InChI is InChI=1S/C19H21N5O3S/c20-28(25,26)24-11-7-19(8-12-24)13-15(19)17-21-18(27-22-17)14-5-1-2-6-16(14)23-9-3-4-10-23/h1-6,9-10,15H,7-8,11-13H2,(H2,20,25,26)/t15-/m0/s1. The van der Waals surface area contributed by atoms with Crippen LogP contribution in [0.15, 0.2) is 53.3 Å². The number of nitrogens with two attached hydrogens (primary N) is 1. The van der Waals surface area contributed by atoms with E-state index in [0.717, 1.165) is 30.5 Å². The van der Waals surface area contributed by atoms with Gasteiger partial charge in [0.25, 0.3) is 16.1 Å². The average Bonchev–Trinajstić information content (AvgIpc) is 3.12. The summed E-state index contributed by atoms with van der Waals surface area (Å²) in [5, 5.41) is 9.49. The highest BCUT2D eigenvalue weighted by Crippen LogP contribution is 2.64. The smallest absolute Gasteiger partial charge is 0.276 e. The van der Waals surface area contributed by atoms with Gasteiger partial charge in [0.05, 0.1) is 11.3 Å². The van der Waals surface area contributed by atoms with Gasteiger partial charge in [-0.15, -0.1) is 0 Å². The fourth-order valence-corrected chi connectivity index (χ4v) is 5.00. The van der Waals surface area contributed by atoms with E-state index in [-0.39, 0.29) is 11.3 Å². The number of hydrogen-bond acceptors (Lipinski definition) is 5. The van der Waals surface area contributed by atoms with Crippen LogP contribution in [-0.4, -0.2) is 40.5 Å². The Balaban J connectivity index is 1.37. The molecule has 5 rings (SSSR count). The minimum atomic E-state index is -3.61. The lowest BCUT2D eigenvalue weighted by molar-refractivity contribution is 0.249. The summed E-state index contributed by atoms with van der Waals surface area (Å²) < 4.78 is 32.0. The van der Waals surface area contributed by atoms with Crippen LogP contribution in [0.4, 0.5) is 0 Å². The first-order valence-electron chi connectivity index (χ1n) is 9.31. The molecule has 28 heavy (non-hydrogen) atoms. The second-order valence-electron chi connectivity index (χ2n) is 7.63. The van der Waals surface area contributed by atoms with Crippen molar-refractivity contribution in [1.82, 2.24) is 19.0 Å². The Bertz CT molecular complexity index is 1100. The van der Waals surface area contributed by atoms with Crippen molar-refractivity contribution in [2.24, 2.45) is 10.6 Å². The molecular formula is C19H21N5O3S. The second kappa shape index (κ2) is 6.26. The first-order chi connectivity index (χ1) is 13.5. The maximum absolute atomic E-state index is 11.5. The predicted octanol–water partition coefficient (Wildman–Crippen LogP) is 2.30. The fraction of sp³-hybridized carbons (Fsp3) is 0.368. The third-order valence-electron chi connectivity index (χ3n) is 6.04. The quantitative estimate of drug-likeness (QED) is 0.724. The van der Waals surface area contributed by atoms with Gasteiger partial charge >= 0.3 is 0 Å². The summed E-state index contributed by atoms with van der Waals surface area (Å²) in [5.74, 6) is 1.43. The number of hydrogen-bond donors (Lipinski definition) is 1. The molecule has 3 heterocycles. The van der Waals surface area contributed by atoms with Gasteiger partial charge < -0.3 is 9.09 Å². The number of piperidine rings is 1. The zero-order chi connectivity index (χ0) is 19.4. The molecule has 1 aliphatic carbocycles. The molecule has 1 aliphatic heterocycles. The topological polar surface area (TPSA) is 107 Å². The number of aromatic nitrogens is 3. The average molecular weight is 399 g/mol. The van der Waals surface area contributed by atoms with Crippen LogP contribution in [0, 0.1) is 5.41 Å². The van der Waals surface area contributed by atoms with Crippen LogP contribution in [0.3, 0.4) is 0 Å². The Morgan fingerprint density at radius 2 is 1.82 bits per heavy atom. The summed E-state index contributed by atoms with van der Waals surface area (Å²) in [7, 11) is -3.61. The summed E-state index contributed by atoms with van der Waals surface area (Å²) in [6, 6.07) is 11.9. The lowest BCUT2D eigenvalue weighted by Gasteiger charge is -2.30. The van der Waals surface area contributed by atoms with Crippen molar-refractivity contribution in [2.75, 3.05) is 13.1 Å². The van der Waals surface area contributed by atoms with Crippen molar-refractivity contribution in [3.05, 3.63) is 54.6 Å². The third-order valence-corrected chi connectivity index (χ3v) is 7.12. The molecule has 9 heteroatoms. The van der Waals surface area contributed by atoms with Gasteiger partial charge in [-0.2, -0.15) is 17.7 Å². The Kier molecular flexibility index (Phi) is 3.94. The molecule has 0 unspecified atom stereocenters. The summed E-state index contributed by atoms with van der Waals surface area (Å²) in [4.78, 5) is 4.68. The normalized spacial score (nSPS) is 21.8. The molecule has 2 N–H and O–H groups in total. The molecule has 146 valence electrons. The van der Waals surface area contributed by atoms with E-state index in [1.807, 2.05) is 53.4 Å². The van der Waals surface area contributed by atoms with Gasteiger partial charge in [-0.25, -0.2) is 5.14 Å². The maximum atomic E-state index is 11.5. The zero-order valence-corrected chi connectivity index (χ0v) is 16.0. The molecule has 2 aromatic heterocycles. The number of para-hydroxylation sites is 1. The van der Waals surface area contributed by atoms with Gasteiger partial charge in [0, 0.05) is 31.4 Å². The van der Waals surface area contributed by atoms with Crippen molar-refractivity contribution in [2.45, 2.75) is 25.2 Å². The minimum absolute atomic E-state index is 0.0717. The Morgan fingerprint density at radius 1 is 1.11 bits per heavy atom. The summed E-state index contributed by atoms with van der Waals surface area (Å²) in [5.41, 5.74) is 1.94. The molecule has 1 saturated heterocycles. The molecule has 2 aliphatic rings. The summed E-state index contributed by atoms with van der Waals surface area (Å²) in [6.45, 7) is 0.910. The van der Waals surface area contributed by atoms with Gasteiger partial charge in [-0.3, -0.25) is 0 Å². The largest absolute Gasteiger partial charge is 0.334 e. The highest BCUT2D eigenvalue weighted by molar-refractivity contribution is 7.86. The van der Waals surface area contributed by atoms with E-state index >= 15 is 0 Å². The Hall–Kier alpha value is -2.49. The number of benzene rings is 1. The van der Waals surface area contributed by atoms with Crippen molar-refractivity contribution >= 4 is 10.2 Å². The van der Waals surface area contributed by atoms with Crippen molar-refractivity contribution in [1.29, 1.82) is 0 Å². The summed E-state index contributed by atoms with van der Waals surface area (Å²) >= 11 is 0. The van der Waals surface area contributed by atoms with Crippen molar-refractivity contribution < 1.29 is 12.9 Å². The van der Waals surface area contributed by atoms with Crippen molar-refractivity contribution in [3.63, 3.8) is 0 Å². The van der Waals surface area contributed by atoms with Crippen LogP contribution < -0.4 is 5.14 Å². The van der Waals surface area contributed by atoms with Crippen molar-refractivity contribution in [3.8, 4) is 17.1 Å². The lowest BCUT2D eigenvalue weighted by Crippen LogP contribution is -2.43. The molecule has 3 aromatic rings. The molecule has 2 fully saturated rings. The van der Waals surface area contributed by atoms with E-state index in [0.29, 0.717) is 24.8 Å². The van der Waals surface area contributed by atoms with Gasteiger partial charge in [-0.05, 0) is 48.9 Å². The molecular weight excluding hydrogens is 378 g/mol. The highest BCUT2D eigenvalue weighted by atomic mass is 32.2. The fourth-order valence-electron chi connectivity index (χ4n) is 4.31. The predicted molar refractivity (Wildman–Crippen MR) is 103 cm³/mol. The van der Waals surface area contributed by atoms with Gasteiger partial charge in [0.2, 0.25) is 0 Å². The molecule has 0 bridgehead atoms. The highest BCUT2D eigenvalue weighted by Gasteiger charge is 2.58. The van der Waals surface area contributed by atoms with E-state index in [1.54, 1.807) is 0 Å². The molecule has 0 amide bonds. The lowest BCUT2D eigenvalue weighted by atomic mass is 9.92. The van der Waals surface area contributed by atoms with Crippen LogP contribution in [0.2, 0.25) is 0 Å². The van der Waals surface area contributed by atoms with E-state index in [2.05, 4.69) is 10.1 Å². The summed E-state index contributed by atoms with van der Waals surface area (Å²) in [6.07, 6.45) is 6.47. The van der Waals surface area contributed by atoms with Crippen LogP contribution in [0.1, 0.15) is 31.0 Å². The molecule has 1 aromatic carbocycles. The molecule has 1 spiro atoms. The maximum Gasteiger partial charge on any atom is 0.276 e. The van der Waals surface area contributed by atoms with Crippen LogP contribution in [-0.2, 0) is 10.2 Å². The monoisotopic (exact) mass is 399 g/mol. The van der Waals surface area contributed by atoms with E-state index in [9.17, 15) is 8.42 Å². The molecule has 1 atom stereocenters. The first-order valence-corrected chi connectivity index (χ1v) is 10.8. The van der Waals surface area contributed by atoms with E-state index < -0.39 is 10.2 Å². The van der Waals surface area contributed by atoms with Crippen LogP contribution >= 0.6 is 0 Å². The van der Waals surface area contributed by atoms with Crippen LogP contribution in [0.5, 0.6) is 0 Å². The molecule has 0 radical (unpaired) electrons. The minimum Gasteiger partial charge on any atom is -0.334 e. The second-order valence-corrected chi connectivity index (χ2v) is 9.17. The Morgan fingerprint density at radius 3 is 2.54 bits per heavy atom. The zero-order valence-electron chi connectivity index (χ0n) is 15.2. The third kappa shape index (κ3) is 2.95. The van der Waals surface area contributed by atoms with E-state index in [4.69, 9.17) is 9.66 Å². The SMILES string of the molecule is NS(=O)(=O)N1CCC2(CC1)C[C@H]2c1noc(-c2ccccc2-n2cccc2)n1. The first kappa shape index (κ1) is 17.6. The van der Waals surface area contributed by atoms with Gasteiger partial charge in [-0.1, -0.05) is 17.3 Å². The molecule has 8 nitrogen and oxygen atoms in total. The van der Waals surface area contributed by atoms with Gasteiger partial charge in [0.15, 0.2) is 5.82 Å². The number of rotatable bonds is 4. The Labute approximate surface area is 163 Å². The van der Waals surface area contributed by atoms with Gasteiger partial charge in [0.1, 0.15) is 0 Å². The van der Waals surface area contributed by atoms with E-state index in [1.165, 1.54) is 4.31 Å². The number of nitrogens with zero attached hydrogens (tertiary/aromatic N) is 4.